The van der Waals surface area contributed by atoms with Gasteiger partial charge in [-0.05, 0) is 25.5 Å². The van der Waals surface area contributed by atoms with Gasteiger partial charge in [0, 0.05) is 18.2 Å². The van der Waals surface area contributed by atoms with Crippen LogP contribution >= 0.6 is 0 Å². The summed E-state index contributed by atoms with van der Waals surface area (Å²) in [6.45, 7) is 5.44. The summed E-state index contributed by atoms with van der Waals surface area (Å²) in [5.41, 5.74) is 1.22. The maximum Gasteiger partial charge on any atom is 0.251 e. The minimum absolute atomic E-state index is 0.194. The Labute approximate surface area is 124 Å². The molecule has 0 aliphatic heterocycles. The molecule has 21 heavy (non-hydrogen) atoms. The molecule has 1 aromatic heterocycles. The summed E-state index contributed by atoms with van der Waals surface area (Å²) in [5, 5.41) is 0. The fourth-order valence-electron chi connectivity index (χ4n) is 1.93. The molecule has 112 valence electrons. The fraction of sp³-hybridized carbons (Fsp3) is 0.375. The van der Waals surface area contributed by atoms with Crippen LogP contribution in [0.1, 0.15) is 26.1 Å². The molecule has 0 radical (unpaired) electrons. The third kappa shape index (κ3) is 4.16. The molecular formula is C16H20N2O3. The van der Waals surface area contributed by atoms with Gasteiger partial charge >= 0.3 is 0 Å². The number of hydrogen-bond donors (Lipinski definition) is 1. The van der Waals surface area contributed by atoms with Crippen LogP contribution in [0.25, 0.3) is 11.3 Å². The minimum atomic E-state index is -0.194. The zero-order valence-electron chi connectivity index (χ0n) is 12.4. The lowest BCUT2D eigenvalue weighted by Gasteiger charge is -2.11. The predicted octanol–water partition coefficient (Wildman–Crippen LogP) is 2.76. The lowest BCUT2D eigenvalue weighted by Crippen LogP contribution is -2.12. The molecule has 5 heteroatoms. The van der Waals surface area contributed by atoms with Crippen LogP contribution < -0.4 is 10.3 Å². The summed E-state index contributed by atoms with van der Waals surface area (Å²) in [6.07, 6.45) is 0.923. The molecule has 1 aromatic carbocycles. The van der Waals surface area contributed by atoms with Gasteiger partial charge in [0.2, 0.25) is 0 Å². The fourth-order valence-corrected chi connectivity index (χ4v) is 1.93. The summed E-state index contributed by atoms with van der Waals surface area (Å²) in [6, 6.07) is 9.07. The van der Waals surface area contributed by atoms with E-state index in [1.807, 2.05) is 38.1 Å². The van der Waals surface area contributed by atoms with E-state index in [0.717, 1.165) is 17.7 Å². The molecule has 0 atom stereocenters. The summed E-state index contributed by atoms with van der Waals surface area (Å²) >= 11 is 0. The third-order valence-electron chi connectivity index (χ3n) is 2.86. The quantitative estimate of drug-likeness (QED) is 0.851. The highest BCUT2D eigenvalue weighted by Crippen LogP contribution is 2.27. The van der Waals surface area contributed by atoms with E-state index >= 15 is 0 Å². The van der Waals surface area contributed by atoms with Crippen LogP contribution in [0.3, 0.4) is 0 Å². The van der Waals surface area contributed by atoms with Gasteiger partial charge in [-0.2, -0.15) is 0 Å². The van der Waals surface area contributed by atoms with E-state index in [2.05, 4.69) is 9.97 Å². The topological polar surface area (TPSA) is 64.2 Å². The van der Waals surface area contributed by atoms with Crippen molar-refractivity contribution in [2.75, 3.05) is 13.2 Å². The smallest absolute Gasteiger partial charge is 0.251 e. The van der Waals surface area contributed by atoms with Crippen molar-refractivity contribution in [3.05, 3.63) is 46.5 Å². The van der Waals surface area contributed by atoms with Crippen molar-refractivity contribution in [2.45, 2.75) is 26.9 Å². The van der Waals surface area contributed by atoms with Crippen molar-refractivity contribution in [1.82, 2.24) is 9.97 Å². The van der Waals surface area contributed by atoms with Gasteiger partial charge in [0.15, 0.2) is 0 Å². The average molecular weight is 288 g/mol. The number of ether oxygens (including phenoxy) is 2. The van der Waals surface area contributed by atoms with Crippen molar-refractivity contribution in [3.8, 4) is 17.0 Å². The zero-order chi connectivity index (χ0) is 15.1. The lowest BCUT2D eigenvalue weighted by atomic mass is 10.1. The van der Waals surface area contributed by atoms with Crippen LogP contribution in [-0.2, 0) is 11.3 Å². The van der Waals surface area contributed by atoms with Crippen molar-refractivity contribution in [1.29, 1.82) is 0 Å². The third-order valence-corrected chi connectivity index (χ3v) is 2.86. The van der Waals surface area contributed by atoms with Crippen molar-refractivity contribution in [2.24, 2.45) is 0 Å². The molecule has 0 fully saturated rings. The number of nitrogens with one attached hydrogen (secondary N) is 1. The van der Waals surface area contributed by atoms with Crippen molar-refractivity contribution in [3.63, 3.8) is 0 Å². The second-order valence-corrected chi connectivity index (χ2v) is 4.56. The molecule has 2 aromatic rings. The predicted molar refractivity (Wildman–Crippen MR) is 81.4 cm³/mol. The van der Waals surface area contributed by atoms with Crippen molar-refractivity contribution < 1.29 is 9.47 Å². The molecule has 0 aliphatic carbocycles. The summed E-state index contributed by atoms with van der Waals surface area (Å²) in [5.74, 6) is 1.25. The first-order valence-corrected chi connectivity index (χ1v) is 7.14. The minimum Gasteiger partial charge on any atom is -0.493 e. The Morgan fingerprint density at radius 2 is 2.05 bits per heavy atom. The molecule has 0 spiro atoms. The molecular weight excluding hydrogens is 268 g/mol. The van der Waals surface area contributed by atoms with Gasteiger partial charge in [0.1, 0.15) is 18.2 Å². The van der Waals surface area contributed by atoms with E-state index in [1.54, 1.807) is 0 Å². The molecule has 1 heterocycles. The van der Waals surface area contributed by atoms with Crippen LogP contribution in [-0.4, -0.2) is 23.2 Å². The number of nitrogens with zero attached hydrogens (tertiary/aromatic N) is 1. The standard InChI is InChI=1S/C16H20N2O3/c1-3-9-21-14-8-6-5-7-12(14)13-10-16(19)18-15(17-13)11-20-4-2/h5-8,10H,3-4,9,11H2,1-2H3,(H,17,18,19). The average Bonchev–Trinajstić information content (AvgIpc) is 2.50. The first-order valence-electron chi connectivity index (χ1n) is 7.14. The van der Waals surface area contributed by atoms with Gasteiger partial charge in [0.25, 0.3) is 5.56 Å². The summed E-state index contributed by atoms with van der Waals surface area (Å²) in [7, 11) is 0. The molecule has 0 unspecified atom stereocenters. The first-order chi connectivity index (χ1) is 10.2. The Morgan fingerprint density at radius 1 is 1.24 bits per heavy atom. The number of benzene rings is 1. The Bertz CT molecular complexity index is 637. The maximum atomic E-state index is 11.8. The van der Waals surface area contributed by atoms with E-state index in [4.69, 9.17) is 9.47 Å². The largest absolute Gasteiger partial charge is 0.493 e. The zero-order valence-corrected chi connectivity index (χ0v) is 12.4. The number of hydrogen-bond acceptors (Lipinski definition) is 4. The van der Waals surface area contributed by atoms with E-state index < -0.39 is 0 Å². The Balaban J connectivity index is 2.37. The van der Waals surface area contributed by atoms with Crippen LogP contribution in [0.5, 0.6) is 5.75 Å². The molecule has 0 bridgehead atoms. The number of aromatic amines is 1. The summed E-state index contributed by atoms with van der Waals surface area (Å²) < 4.78 is 11.0. The second-order valence-electron chi connectivity index (χ2n) is 4.56. The highest BCUT2D eigenvalue weighted by molar-refractivity contribution is 5.66. The van der Waals surface area contributed by atoms with Crippen molar-refractivity contribution >= 4 is 0 Å². The highest BCUT2D eigenvalue weighted by atomic mass is 16.5. The monoisotopic (exact) mass is 288 g/mol. The van der Waals surface area contributed by atoms with E-state index in [0.29, 0.717) is 24.7 Å². The van der Waals surface area contributed by atoms with Gasteiger partial charge in [-0.25, -0.2) is 4.98 Å². The Hall–Kier alpha value is -2.14. The number of H-pyrrole nitrogens is 1. The van der Waals surface area contributed by atoms with Crippen LogP contribution in [0.2, 0.25) is 0 Å². The van der Waals surface area contributed by atoms with E-state index in [1.165, 1.54) is 6.07 Å². The molecule has 5 nitrogen and oxygen atoms in total. The van der Waals surface area contributed by atoms with Gasteiger partial charge in [0.05, 0.1) is 12.3 Å². The molecule has 0 aliphatic rings. The molecule has 0 amide bonds. The SMILES string of the molecule is CCCOc1ccccc1-c1cc(=O)[nH]c(COCC)n1. The maximum absolute atomic E-state index is 11.8. The number of rotatable bonds is 7. The van der Waals surface area contributed by atoms with Gasteiger partial charge < -0.3 is 14.5 Å². The second kappa shape index (κ2) is 7.59. The van der Waals surface area contributed by atoms with Gasteiger partial charge in [-0.3, -0.25) is 4.79 Å². The Kier molecular flexibility index (Phi) is 5.51. The summed E-state index contributed by atoms with van der Waals surface area (Å²) in [4.78, 5) is 18.9. The van der Waals surface area contributed by atoms with Gasteiger partial charge in [-0.15, -0.1) is 0 Å². The van der Waals surface area contributed by atoms with Gasteiger partial charge in [-0.1, -0.05) is 19.1 Å². The normalized spacial score (nSPS) is 10.6. The highest BCUT2D eigenvalue weighted by Gasteiger charge is 2.09. The van der Waals surface area contributed by atoms with Crippen LogP contribution in [0, 0.1) is 0 Å². The molecule has 0 saturated carbocycles. The first kappa shape index (κ1) is 15.3. The van der Waals surface area contributed by atoms with Crippen LogP contribution in [0.4, 0.5) is 0 Å². The molecule has 2 rings (SSSR count). The lowest BCUT2D eigenvalue weighted by molar-refractivity contribution is 0.128. The van der Waals surface area contributed by atoms with E-state index in [-0.39, 0.29) is 12.2 Å². The molecule has 1 N–H and O–H groups in total. The van der Waals surface area contributed by atoms with Crippen LogP contribution in [0.15, 0.2) is 35.1 Å². The Morgan fingerprint density at radius 3 is 2.81 bits per heavy atom. The number of para-hydroxylation sites is 1. The van der Waals surface area contributed by atoms with E-state index in [9.17, 15) is 4.79 Å². The number of aromatic nitrogens is 2. The molecule has 0 saturated heterocycles.